The number of aromatic nitrogens is 2. The number of carbonyl (C=O) groups excluding carboxylic acids is 2. The summed E-state index contributed by atoms with van der Waals surface area (Å²) < 4.78 is 41.3. The highest BCUT2D eigenvalue weighted by molar-refractivity contribution is 6.07. The number of rotatable bonds is 6. The fourth-order valence-corrected chi connectivity index (χ4v) is 5.04. The molecule has 1 unspecified atom stereocenters. The number of nitrogens with one attached hydrogen (secondary N) is 2. The lowest BCUT2D eigenvalue weighted by atomic mass is 9.84. The number of halogens is 3. The summed E-state index contributed by atoms with van der Waals surface area (Å²) in [6.45, 7) is 1.61. The zero-order valence-corrected chi connectivity index (χ0v) is 24.1. The maximum absolute atomic E-state index is 13.3. The van der Waals surface area contributed by atoms with Gasteiger partial charge in [0.25, 0.3) is 11.8 Å². The number of anilines is 1. The molecule has 0 spiro atoms. The molecule has 5 rings (SSSR count). The highest BCUT2D eigenvalue weighted by atomic mass is 19.4. The Bertz CT molecular complexity index is 1810. The van der Waals surface area contributed by atoms with E-state index in [9.17, 15) is 22.8 Å². The molecule has 1 aliphatic carbocycles. The van der Waals surface area contributed by atoms with E-state index in [1.54, 1.807) is 31.3 Å². The minimum absolute atomic E-state index is 0.0798. The van der Waals surface area contributed by atoms with E-state index in [4.69, 9.17) is 0 Å². The van der Waals surface area contributed by atoms with Gasteiger partial charge in [0.15, 0.2) is 5.82 Å². The van der Waals surface area contributed by atoms with Crippen LogP contribution in [-0.2, 0) is 7.05 Å². The van der Waals surface area contributed by atoms with Crippen LogP contribution in [0, 0.1) is 17.8 Å². The average molecular weight is 595 g/mol. The number of aryl methyl sites for hydroxylation is 1. The Morgan fingerprint density at radius 1 is 0.932 bits per heavy atom. The van der Waals surface area contributed by atoms with Gasteiger partial charge in [0, 0.05) is 29.9 Å². The molecule has 1 heterocycles. The van der Waals surface area contributed by atoms with Crippen molar-refractivity contribution in [2.24, 2.45) is 13.0 Å². The third-order valence-corrected chi connectivity index (χ3v) is 7.25. The van der Waals surface area contributed by atoms with Gasteiger partial charge in [-0.2, -0.15) is 13.2 Å². The molecule has 6 nitrogen and oxygen atoms in total. The van der Waals surface area contributed by atoms with E-state index in [-0.39, 0.29) is 24.6 Å². The summed E-state index contributed by atoms with van der Waals surface area (Å²) in [5.41, 5.74) is 3.89. The molecule has 1 aromatic heterocycles. The van der Waals surface area contributed by atoms with Crippen molar-refractivity contribution >= 4 is 23.2 Å². The maximum Gasteiger partial charge on any atom is 0.412 e. The van der Waals surface area contributed by atoms with Crippen molar-refractivity contribution in [3.8, 4) is 23.0 Å². The molecule has 2 N–H and O–H groups in total. The number of amides is 2. The first kappa shape index (κ1) is 30.1. The van der Waals surface area contributed by atoms with Gasteiger partial charge in [-0.3, -0.25) is 9.59 Å². The molecule has 0 radical (unpaired) electrons. The summed E-state index contributed by atoms with van der Waals surface area (Å²) in [5.74, 6) is 4.50. The zero-order chi connectivity index (χ0) is 31.3. The Labute approximate surface area is 253 Å². The fraction of sp³-hybridized carbons (Fsp3) is 0.171. The Balaban J connectivity index is 1.21. The highest BCUT2D eigenvalue weighted by Crippen LogP contribution is 2.40. The summed E-state index contributed by atoms with van der Waals surface area (Å²) in [7, 11) is 1.63. The van der Waals surface area contributed by atoms with Gasteiger partial charge in [0.1, 0.15) is 0 Å². The molecule has 222 valence electrons. The number of imidazole rings is 1. The largest absolute Gasteiger partial charge is 0.412 e. The van der Waals surface area contributed by atoms with Crippen LogP contribution in [0.2, 0.25) is 0 Å². The third kappa shape index (κ3) is 6.98. The number of hydrogen-bond acceptors (Lipinski definition) is 3. The zero-order valence-electron chi connectivity index (χ0n) is 24.1. The molecule has 1 atom stereocenters. The first-order chi connectivity index (χ1) is 21.1. The van der Waals surface area contributed by atoms with Crippen molar-refractivity contribution in [3.05, 3.63) is 125 Å². The van der Waals surface area contributed by atoms with Crippen molar-refractivity contribution in [2.45, 2.75) is 19.5 Å². The maximum atomic E-state index is 13.3. The molecule has 4 aromatic rings. The molecule has 44 heavy (non-hydrogen) atoms. The van der Waals surface area contributed by atoms with Crippen LogP contribution in [0.3, 0.4) is 0 Å². The smallest absolute Gasteiger partial charge is 0.338 e. The monoisotopic (exact) mass is 594 g/mol. The van der Waals surface area contributed by atoms with Crippen LogP contribution in [0.25, 0.3) is 16.7 Å². The quantitative estimate of drug-likeness (QED) is 0.235. The van der Waals surface area contributed by atoms with Crippen molar-refractivity contribution in [3.63, 3.8) is 0 Å². The van der Waals surface area contributed by atoms with Gasteiger partial charge in [-0.15, -0.1) is 0 Å². The molecule has 0 saturated carbocycles. The molecule has 0 aliphatic heterocycles. The lowest BCUT2D eigenvalue weighted by molar-refractivity contribution is -0.0983. The summed E-state index contributed by atoms with van der Waals surface area (Å²) >= 11 is 0. The number of allylic oxidation sites excluding steroid dienone is 4. The number of benzene rings is 3. The van der Waals surface area contributed by atoms with Crippen molar-refractivity contribution < 1.29 is 22.8 Å². The molecule has 9 heteroatoms. The Morgan fingerprint density at radius 3 is 2.32 bits per heavy atom. The van der Waals surface area contributed by atoms with E-state index in [1.165, 1.54) is 23.8 Å². The van der Waals surface area contributed by atoms with Gasteiger partial charge >= 0.3 is 6.18 Å². The standard InChI is InChI=1S/C35H29F3N4O2/c1-23-21-27(18-19-30(23)35(36,37)38)28-12-6-7-13-29(28)33(43)41-31-22-42(2)32(40-31)34(44)39-20-8-9-24-14-16-26(17-15-24)25-10-4-3-5-11-25/h3-7,10-19,22-23H,20-21H2,1-2H3,(H,39,44)(H,41,43). The highest BCUT2D eigenvalue weighted by Gasteiger charge is 2.38. The van der Waals surface area contributed by atoms with Crippen LogP contribution >= 0.6 is 0 Å². The van der Waals surface area contributed by atoms with E-state index in [1.807, 2.05) is 54.6 Å². The van der Waals surface area contributed by atoms with E-state index >= 15 is 0 Å². The number of nitrogens with zero attached hydrogens (tertiary/aromatic N) is 2. The van der Waals surface area contributed by atoms with Crippen LogP contribution in [0.4, 0.5) is 19.0 Å². The molecule has 1 aliphatic rings. The van der Waals surface area contributed by atoms with Crippen LogP contribution < -0.4 is 10.6 Å². The van der Waals surface area contributed by atoms with E-state index < -0.39 is 29.5 Å². The lowest BCUT2D eigenvalue weighted by Crippen LogP contribution is -2.26. The molecule has 2 amide bonds. The SMILES string of the molecule is CC1CC(c2ccccc2C(=O)Nc2cn(C)c(C(=O)NCC#Cc3ccc(-c4ccccc4)cc3)n2)=CC=C1C(F)(F)F. The molecular weight excluding hydrogens is 565 g/mol. The second kappa shape index (κ2) is 12.9. The molecule has 0 bridgehead atoms. The third-order valence-electron chi connectivity index (χ3n) is 7.25. The predicted octanol–water partition coefficient (Wildman–Crippen LogP) is 7.03. The first-order valence-electron chi connectivity index (χ1n) is 13.9. The Hall–Kier alpha value is -5.36. The van der Waals surface area contributed by atoms with Gasteiger partial charge in [0.05, 0.1) is 6.54 Å². The van der Waals surface area contributed by atoms with E-state index in [2.05, 4.69) is 27.5 Å². The normalized spacial score (nSPS) is 14.5. The Morgan fingerprint density at radius 2 is 1.61 bits per heavy atom. The van der Waals surface area contributed by atoms with Crippen LogP contribution in [0.5, 0.6) is 0 Å². The Kier molecular flexibility index (Phi) is 8.81. The van der Waals surface area contributed by atoms with Crippen molar-refractivity contribution in [1.29, 1.82) is 0 Å². The molecule has 3 aromatic carbocycles. The minimum Gasteiger partial charge on any atom is -0.338 e. The predicted molar refractivity (Wildman–Crippen MR) is 165 cm³/mol. The number of alkyl halides is 3. The summed E-state index contributed by atoms with van der Waals surface area (Å²) in [5, 5.41) is 5.42. The second-order valence-electron chi connectivity index (χ2n) is 10.4. The summed E-state index contributed by atoms with van der Waals surface area (Å²) in [4.78, 5) is 30.2. The topological polar surface area (TPSA) is 76.0 Å². The summed E-state index contributed by atoms with van der Waals surface area (Å²) in [6, 6.07) is 24.6. The van der Waals surface area contributed by atoms with Crippen LogP contribution in [-0.4, -0.2) is 34.1 Å². The van der Waals surface area contributed by atoms with Gasteiger partial charge < -0.3 is 15.2 Å². The van der Waals surface area contributed by atoms with E-state index in [0.29, 0.717) is 16.7 Å². The molecular formula is C35H29F3N4O2. The minimum atomic E-state index is -4.40. The van der Waals surface area contributed by atoms with Crippen LogP contribution in [0.1, 0.15) is 45.4 Å². The number of hydrogen-bond donors (Lipinski definition) is 2. The van der Waals surface area contributed by atoms with Gasteiger partial charge in [0.2, 0.25) is 5.82 Å². The molecule has 0 saturated heterocycles. The lowest BCUT2D eigenvalue weighted by Gasteiger charge is -2.24. The van der Waals surface area contributed by atoms with Crippen LogP contribution in [0.15, 0.2) is 103 Å². The summed E-state index contributed by atoms with van der Waals surface area (Å²) in [6.07, 6.45) is -0.251. The fourth-order valence-electron chi connectivity index (χ4n) is 5.04. The van der Waals surface area contributed by atoms with Gasteiger partial charge in [-0.05, 0) is 52.8 Å². The molecule has 0 fully saturated rings. The second-order valence-corrected chi connectivity index (χ2v) is 10.4. The average Bonchev–Trinajstić information content (AvgIpc) is 3.38. The van der Waals surface area contributed by atoms with Crippen molar-refractivity contribution in [1.82, 2.24) is 14.9 Å². The number of carbonyl (C=O) groups is 2. The first-order valence-corrected chi connectivity index (χ1v) is 13.9. The van der Waals surface area contributed by atoms with Crippen molar-refractivity contribution in [2.75, 3.05) is 11.9 Å². The van der Waals surface area contributed by atoms with Gasteiger partial charge in [-0.25, -0.2) is 4.98 Å². The van der Waals surface area contributed by atoms with E-state index in [0.717, 1.165) is 22.8 Å². The van der Waals surface area contributed by atoms with Gasteiger partial charge in [-0.1, -0.05) is 91.6 Å².